The van der Waals surface area contributed by atoms with Crippen LogP contribution in [-0.2, 0) is 0 Å². The van der Waals surface area contributed by atoms with Crippen LogP contribution in [0, 0.1) is 6.92 Å². The number of hydrogen-bond acceptors (Lipinski definition) is 3. The molecule has 1 saturated heterocycles. The van der Waals surface area contributed by atoms with Crippen LogP contribution in [0.2, 0.25) is 0 Å². The maximum absolute atomic E-state index is 6.08. The van der Waals surface area contributed by atoms with Crippen LogP contribution >= 0.6 is 0 Å². The third-order valence-electron chi connectivity index (χ3n) is 5.45. The maximum Gasteiger partial charge on any atom is 0.120 e. The highest BCUT2D eigenvalue weighted by atomic mass is 16.5. The van der Waals surface area contributed by atoms with Gasteiger partial charge in [0, 0.05) is 34.9 Å². The van der Waals surface area contributed by atoms with Crippen LogP contribution in [0.1, 0.15) is 43.9 Å². The van der Waals surface area contributed by atoms with E-state index in [1.807, 2.05) is 13.1 Å². The van der Waals surface area contributed by atoms with Crippen molar-refractivity contribution in [2.24, 2.45) is 0 Å². The number of likely N-dealkylation sites (tertiary alicyclic amines) is 1. The molecule has 0 saturated carbocycles. The summed E-state index contributed by atoms with van der Waals surface area (Å²) in [5, 5.41) is 1.26. The van der Waals surface area contributed by atoms with Gasteiger partial charge in [0.1, 0.15) is 12.4 Å². The summed E-state index contributed by atoms with van der Waals surface area (Å²) >= 11 is 0. The number of rotatable bonds is 6. The average Bonchev–Trinajstić information content (AvgIpc) is 3.28. The lowest BCUT2D eigenvalue weighted by Gasteiger charge is -2.15. The van der Waals surface area contributed by atoms with E-state index >= 15 is 0 Å². The molecular weight excluding hydrogens is 334 g/mol. The molecular formula is C23H29N3O. The van der Waals surface area contributed by atoms with E-state index in [1.165, 1.54) is 48.1 Å². The van der Waals surface area contributed by atoms with Gasteiger partial charge in [-0.3, -0.25) is 9.88 Å². The quantitative estimate of drug-likeness (QED) is 0.659. The van der Waals surface area contributed by atoms with Gasteiger partial charge < -0.3 is 9.72 Å². The van der Waals surface area contributed by atoms with Gasteiger partial charge in [-0.15, -0.1) is 0 Å². The standard InChI is InChI=1S/C23H29N3O/c1-16(2)22-20-15-19(27-13-12-26-10-4-5-11-26)6-7-21(20)25-23(22)18-8-9-24-17(3)14-18/h6-9,14-16,25H,4-5,10-13H2,1-3H3. The molecule has 27 heavy (non-hydrogen) atoms. The molecule has 1 N–H and O–H groups in total. The smallest absolute Gasteiger partial charge is 0.120 e. The summed E-state index contributed by atoms with van der Waals surface area (Å²) in [5.41, 5.74) is 5.93. The van der Waals surface area contributed by atoms with Gasteiger partial charge in [-0.25, -0.2) is 0 Å². The molecule has 0 spiro atoms. The fourth-order valence-corrected chi connectivity index (χ4v) is 4.11. The van der Waals surface area contributed by atoms with Crippen molar-refractivity contribution >= 4 is 10.9 Å². The number of aromatic amines is 1. The molecule has 0 aliphatic carbocycles. The largest absolute Gasteiger partial charge is 0.492 e. The third kappa shape index (κ3) is 3.86. The summed E-state index contributed by atoms with van der Waals surface area (Å²) in [6.07, 6.45) is 4.53. The monoisotopic (exact) mass is 363 g/mol. The van der Waals surface area contributed by atoms with E-state index < -0.39 is 0 Å². The zero-order chi connectivity index (χ0) is 18.8. The molecule has 4 nitrogen and oxygen atoms in total. The molecule has 1 aromatic carbocycles. The Morgan fingerprint density at radius 3 is 2.70 bits per heavy atom. The topological polar surface area (TPSA) is 41.1 Å². The van der Waals surface area contributed by atoms with Crippen LogP contribution in [-0.4, -0.2) is 41.1 Å². The first-order valence-electron chi connectivity index (χ1n) is 10.1. The van der Waals surface area contributed by atoms with Crippen LogP contribution < -0.4 is 4.74 Å². The minimum atomic E-state index is 0.419. The molecule has 3 aromatic rings. The molecule has 0 bridgehead atoms. The summed E-state index contributed by atoms with van der Waals surface area (Å²) < 4.78 is 6.08. The first-order chi connectivity index (χ1) is 13.1. The highest BCUT2D eigenvalue weighted by molar-refractivity contribution is 5.92. The zero-order valence-electron chi connectivity index (χ0n) is 16.6. The highest BCUT2D eigenvalue weighted by Gasteiger charge is 2.17. The van der Waals surface area contributed by atoms with Crippen molar-refractivity contribution in [2.75, 3.05) is 26.2 Å². The Labute approximate surface area is 161 Å². The van der Waals surface area contributed by atoms with Crippen LogP contribution in [0.3, 0.4) is 0 Å². The van der Waals surface area contributed by atoms with Gasteiger partial charge in [0.25, 0.3) is 0 Å². The Kier molecular flexibility index (Phi) is 5.17. The molecule has 0 amide bonds. The van der Waals surface area contributed by atoms with Crippen molar-refractivity contribution < 1.29 is 4.74 Å². The van der Waals surface area contributed by atoms with E-state index in [4.69, 9.17) is 4.74 Å². The van der Waals surface area contributed by atoms with Crippen molar-refractivity contribution in [3.8, 4) is 17.0 Å². The third-order valence-corrected chi connectivity index (χ3v) is 5.45. The minimum absolute atomic E-state index is 0.419. The van der Waals surface area contributed by atoms with Gasteiger partial charge >= 0.3 is 0 Å². The lowest BCUT2D eigenvalue weighted by Crippen LogP contribution is -2.25. The molecule has 1 aliphatic heterocycles. The van der Waals surface area contributed by atoms with Crippen LogP contribution in [0.5, 0.6) is 5.75 Å². The molecule has 1 aliphatic rings. The van der Waals surface area contributed by atoms with Crippen molar-refractivity contribution in [3.63, 3.8) is 0 Å². The minimum Gasteiger partial charge on any atom is -0.492 e. The summed E-state index contributed by atoms with van der Waals surface area (Å²) in [6, 6.07) is 10.6. The lowest BCUT2D eigenvalue weighted by atomic mass is 9.96. The Morgan fingerprint density at radius 2 is 1.96 bits per heavy atom. The number of fused-ring (bicyclic) bond motifs is 1. The summed E-state index contributed by atoms with van der Waals surface area (Å²) in [4.78, 5) is 10.4. The molecule has 4 heteroatoms. The van der Waals surface area contributed by atoms with E-state index in [0.717, 1.165) is 30.1 Å². The second kappa shape index (κ2) is 7.73. The second-order valence-corrected chi connectivity index (χ2v) is 7.86. The Hall–Kier alpha value is -2.33. The van der Waals surface area contributed by atoms with Crippen LogP contribution in [0.25, 0.3) is 22.2 Å². The van der Waals surface area contributed by atoms with Gasteiger partial charge in [0.15, 0.2) is 0 Å². The predicted octanol–water partition coefficient (Wildman–Crippen LogP) is 5.14. The highest BCUT2D eigenvalue weighted by Crippen LogP contribution is 2.37. The van der Waals surface area contributed by atoms with Gasteiger partial charge in [0.05, 0.1) is 5.69 Å². The molecule has 0 atom stereocenters. The van der Waals surface area contributed by atoms with Crippen molar-refractivity contribution in [2.45, 2.75) is 39.5 Å². The number of hydrogen-bond donors (Lipinski definition) is 1. The molecule has 3 heterocycles. The lowest BCUT2D eigenvalue weighted by molar-refractivity contribution is 0.238. The van der Waals surface area contributed by atoms with E-state index in [1.54, 1.807) is 0 Å². The Balaban J connectivity index is 1.62. The van der Waals surface area contributed by atoms with E-state index in [0.29, 0.717) is 5.92 Å². The normalized spacial score (nSPS) is 15.1. The fourth-order valence-electron chi connectivity index (χ4n) is 4.11. The number of nitrogens with one attached hydrogen (secondary N) is 1. The van der Waals surface area contributed by atoms with Crippen LogP contribution in [0.15, 0.2) is 36.5 Å². The van der Waals surface area contributed by atoms with Crippen LogP contribution in [0.4, 0.5) is 0 Å². The van der Waals surface area contributed by atoms with Crippen molar-refractivity contribution in [1.29, 1.82) is 0 Å². The molecule has 0 radical (unpaired) electrons. The van der Waals surface area contributed by atoms with Gasteiger partial charge in [-0.2, -0.15) is 0 Å². The Bertz CT molecular complexity index is 923. The first kappa shape index (κ1) is 18.1. The van der Waals surface area contributed by atoms with E-state index in [9.17, 15) is 0 Å². The van der Waals surface area contributed by atoms with E-state index in [-0.39, 0.29) is 0 Å². The van der Waals surface area contributed by atoms with Crippen molar-refractivity contribution in [1.82, 2.24) is 14.9 Å². The SMILES string of the molecule is Cc1cc(-c2[nH]c3ccc(OCCN4CCCC4)cc3c2C(C)C)ccn1. The summed E-state index contributed by atoms with van der Waals surface area (Å²) in [7, 11) is 0. The summed E-state index contributed by atoms with van der Waals surface area (Å²) in [6.45, 7) is 10.7. The number of pyridine rings is 1. The fraction of sp³-hybridized carbons (Fsp3) is 0.435. The van der Waals surface area contributed by atoms with Gasteiger partial charge in [-0.05, 0) is 74.7 Å². The van der Waals surface area contributed by atoms with Gasteiger partial charge in [0.2, 0.25) is 0 Å². The summed E-state index contributed by atoms with van der Waals surface area (Å²) in [5.74, 6) is 1.38. The molecule has 2 aromatic heterocycles. The van der Waals surface area contributed by atoms with Gasteiger partial charge in [-0.1, -0.05) is 13.8 Å². The Morgan fingerprint density at radius 1 is 1.15 bits per heavy atom. The predicted molar refractivity (Wildman–Crippen MR) is 112 cm³/mol. The average molecular weight is 364 g/mol. The second-order valence-electron chi connectivity index (χ2n) is 7.86. The van der Waals surface area contributed by atoms with Crippen molar-refractivity contribution in [3.05, 3.63) is 47.8 Å². The number of aromatic nitrogens is 2. The number of benzene rings is 1. The molecule has 142 valence electrons. The number of ether oxygens (including phenoxy) is 1. The maximum atomic E-state index is 6.08. The number of H-pyrrole nitrogens is 1. The number of aryl methyl sites for hydroxylation is 1. The first-order valence-corrected chi connectivity index (χ1v) is 10.1. The van der Waals surface area contributed by atoms with E-state index in [2.05, 4.69) is 59.0 Å². The molecule has 0 unspecified atom stereocenters. The zero-order valence-corrected chi connectivity index (χ0v) is 16.6. The number of nitrogens with zero attached hydrogens (tertiary/aromatic N) is 2. The molecule has 4 rings (SSSR count). The molecule has 1 fully saturated rings.